The summed E-state index contributed by atoms with van der Waals surface area (Å²) in [6, 6.07) is 7.48. The van der Waals surface area contributed by atoms with Gasteiger partial charge in [-0.3, -0.25) is 4.79 Å². The molecule has 3 rings (SSSR count). The molecule has 3 N–H and O–H groups in total. The maximum atomic E-state index is 11.9. The lowest BCUT2D eigenvalue weighted by atomic mass is 9.79. The zero-order valence-corrected chi connectivity index (χ0v) is 13.9. The molecule has 0 aliphatic carbocycles. The number of carbonyl (C=O) groups excluding carboxylic acids is 1. The van der Waals surface area contributed by atoms with E-state index in [9.17, 15) is 4.79 Å². The summed E-state index contributed by atoms with van der Waals surface area (Å²) in [5.74, 6) is 0.547. The zero-order chi connectivity index (χ0) is 16.4. The van der Waals surface area contributed by atoms with Crippen molar-refractivity contribution in [2.45, 2.75) is 25.8 Å². The largest absolute Gasteiger partial charge is 0.459 e. The van der Waals surface area contributed by atoms with Gasteiger partial charge in [0.15, 0.2) is 0 Å². The highest BCUT2D eigenvalue weighted by Crippen LogP contribution is 2.31. The Bertz CT molecular complexity index is 707. The van der Waals surface area contributed by atoms with E-state index in [2.05, 4.69) is 5.32 Å². The topological polar surface area (TPSA) is 77.5 Å². The number of carbonyl (C=O) groups is 1. The first-order valence-corrected chi connectivity index (χ1v) is 8.18. The summed E-state index contributed by atoms with van der Waals surface area (Å²) in [6.07, 6.45) is 1.30. The number of amides is 1. The summed E-state index contributed by atoms with van der Waals surface area (Å²) >= 11 is 6.00. The molecular formula is C17H21ClN2O3. The lowest BCUT2D eigenvalue weighted by Gasteiger charge is -2.35. The second kappa shape index (κ2) is 6.51. The minimum atomic E-state index is -0.540. The van der Waals surface area contributed by atoms with Crippen LogP contribution in [0.3, 0.4) is 0 Å². The van der Waals surface area contributed by atoms with Gasteiger partial charge in [-0.05, 0) is 44.0 Å². The number of nitrogens with two attached hydrogens (primary N) is 1. The van der Waals surface area contributed by atoms with E-state index >= 15 is 0 Å². The van der Waals surface area contributed by atoms with Crippen molar-refractivity contribution in [3.8, 4) is 0 Å². The summed E-state index contributed by atoms with van der Waals surface area (Å²) in [6.45, 7) is 3.67. The molecule has 1 amide bonds. The minimum absolute atomic E-state index is 0.0276. The predicted molar refractivity (Wildman–Crippen MR) is 89.3 cm³/mol. The number of ether oxygens (including phenoxy) is 1. The standard InChI is InChI=1S/C17H21ClN2O3/c1-11(15-9-12-8-13(18)2-3-14(12)23-15)20-10-17(16(19)21)4-6-22-7-5-17/h2-3,8-9,11,20H,4-7,10H2,1H3,(H2,19,21)/t11-/m1/s1. The van der Waals surface area contributed by atoms with Crippen LogP contribution in [0.1, 0.15) is 31.6 Å². The molecule has 1 saturated heterocycles. The zero-order valence-electron chi connectivity index (χ0n) is 13.1. The molecule has 1 atom stereocenters. The number of fused-ring (bicyclic) bond motifs is 1. The molecule has 1 aliphatic rings. The van der Waals surface area contributed by atoms with Crippen molar-refractivity contribution >= 4 is 28.5 Å². The van der Waals surface area contributed by atoms with Gasteiger partial charge in [0.2, 0.25) is 5.91 Å². The van der Waals surface area contributed by atoms with E-state index in [1.807, 2.05) is 25.1 Å². The van der Waals surface area contributed by atoms with Gasteiger partial charge < -0.3 is 20.2 Å². The number of rotatable bonds is 5. The Balaban J connectivity index is 1.72. The van der Waals surface area contributed by atoms with Crippen molar-refractivity contribution in [3.63, 3.8) is 0 Å². The fraction of sp³-hybridized carbons (Fsp3) is 0.471. The molecular weight excluding hydrogens is 316 g/mol. The van der Waals surface area contributed by atoms with E-state index in [1.165, 1.54) is 0 Å². The van der Waals surface area contributed by atoms with E-state index in [0.717, 1.165) is 16.7 Å². The third-order valence-electron chi connectivity index (χ3n) is 4.64. The molecule has 1 aromatic carbocycles. The molecule has 0 spiro atoms. The Morgan fingerprint density at radius 1 is 1.39 bits per heavy atom. The van der Waals surface area contributed by atoms with Crippen LogP contribution in [0.15, 0.2) is 28.7 Å². The van der Waals surface area contributed by atoms with Gasteiger partial charge in [0.1, 0.15) is 11.3 Å². The van der Waals surface area contributed by atoms with Gasteiger partial charge in [0.05, 0.1) is 11.5 Å². The van der Waals surface area contributed by atoms with Crippen molar-refractivity contribution < 1.29 is 13.9 Å². The fourth-order valence-corrected chi connectivity index (χ4v) is 3.15. The monoisotopic (exact) mass is 336 g/mol. The van der Waals surface area contributed by atoms with Gasteiger partial charge in [0, 0.05) is 30.2 Å². The minimum Gasteiger partial charge on any atom is -0.459 e. The van der Waals surface area contributed by atoms with Crippen molar-refractivity contribution in [2.24, 2.45) is 11.1 Å². The summed E-state index contributed by atoms with van der Waals surface area (Å²) in [4.78, 5) is 11.9. The molecule has 6 heteroatoms. The molecule has 0 radical (unpaired) electrons. The molecule has 124 valence electrons. The van der Waals surface area contributed by atoms with Gasteiger partial charge in [-0.1, -0.05) is 11.6 Å². The van der Waals surface area contributed by atoms with E-state index in [1.54, 1.807) is 6.07 Å². The van der Waals surface area contributed by atoms with Crippen molar-refractivity contribution in [1.82, 2.24) is 5.32 Å². The second-order valence-electron chi connectivity index (χ2n) is 6.19. The summed E-state index contributed by atoms with van der Waals surface area (Å²) < 4.78 is 11.2. The maximum Gasteiger partial charge on any atom is 0.225 e. The molecule has 0 bridgehead atoms. The Labute approximate surface area is 140 Å². The number of primary amides is 1. The van der Waals surface area contributed by atoms with E-state index in [0.29, 0.717) is 37.6 Å². The number of nitrogens with one attached hydrogen (secondary N) is 1. The lowest BCUT2D eigenvalue weighted by Crippen LogP contribution is -2.48. The molecule has 1 fully saturated rings. The molecule has 2 aromatic rings. The Hall–Kier alpha value is -1.56. The number of hydrogen-bond acceptors (Lipinski definition) is 4. The first-order valence-electron chi connectivity index (χ1n) is 7.80. The average Bonchev–Trinajstić information content (AvgIpc) is 2.96. The van der Waals surface area contributed by atoms with Crippen molar-refractivity contribution in [3.05, 3.63) is 35.0 Å². The Kier molecular flexibility index (Phi) is 4.62. The number of halogens is 1. The highest BCUT2D eigenvalue weighted by atomic mass is 35.5. The summed E-state index contributed by atoms with van der Waals surface area (Å²) in [5.41, 5.74) is 5.89. The number of hydrogen-bond donors (Lipinski definition) is 2. The van der Waals surface area contributed by atoms with Crippen LogP contribution in [0, 0.1) is 5.41 Å². The van der Waals surface area contributed by atoms with Crippen LogP contribution in [0.25, 0.3) is 11.0 Å². The summed E-state index contributed by atoms with van der Waals surface area (Å²) in [7, 11) is 0. The quantitative estimate of drug-likeness (QED) is 0.879. The third kappa shape index (κ3) is 3.37. The van der Waals surface area contributed by atoms with Crippen LogP contribution >= 0.6 is 11.6 Å². The second-order valence-corrected chi connectivity index (χ2v) is 6.63. The SMILES string of the molecule is C[C@@H](NCC1(C(N)=O)CCOCC1)c1cc2cc(Cl)ccc2o1. The van der Waals surface area contributed by atoms with Crippen LogP contribution in [0.2, 0.25) is 5.02 Å². The van der Waals surface area contributed by atoms with Crippen LogP contribution < -0.4 is 11.1 Å². The smallest absolute Gasteiger partial charge is 0.225 e. The van der Waals surface area contributed by atoms with Crippen LogP contribution in [-0.2, 0) is 9.53 Å². The normalized spacial score (nSPS) is 18.9. The van der Waals surface area contributed by atoms with Gasteiger partial charge >= 0.3 is 0 Å². The van der Waals surface area contributed by atoms with Gasteiger partial charge in [-0.2, -0.15) is 0 Å². The molecule has 1 aliphatic heterocycles. The number of benzene rings is 1. The summed E-state index contributed by atoms with van der Waals surface area (Å²) in [5, 5.41) is 5.03. The first-order chi connectivity index (χ1) is 11.0. The first kappa shape index (κ1) is 16.3. The van der Waals surface area contributed by atoms with E-state index in [-0.39, 0.29) is 11.9 Å². The van der Waals surface area contributed by atoms with Crippen LogP contribution in [0.5, 0.6) is 0 Å². The van der Waals surface area contributed by atoms with E-state index in [4.69, 9.17) is 26.5 Å². The lowest BCUT2D eigenvalue weighted by molar-refractivity contribution is -0.133. The average molecular weight is 337 g/mol. The maximum absolute atomic E-state index is 11.9. The molecule has 0 saturated carbocycles. The highest BCUT2D eigenvalue weighted by Gasteiger charge is 2.38. The molecule has 5 nitrogen and oxygen atoms in total. The highest BCUT2D eigenvalue weighted by molar-refractivity contribution is 6.31. The molecule has 2 heterocycles. The van der Waals surface area contributed by atoms with Crippen LogP contribution in [0.4, 0.5) is 0 Å². The third-order valence-corrected chi connectivity index (χ3v) is 4.88. The van der Waals surface area contributed by atoms with Crippen molar-refractivity contribution in [2.75, 3.05) is 19.8 Å². The van der Waals surface area contributed by atoms with E-state index < -0.39 is 5.41 Å². The predicted octanol–water partition coefficient (Wildman–Crippen LogP) is 3.02. The van der Waals surface area contributed by atoms with Crippen LogP contribution in [-0.4, -0.2) is 25.7 Å². The molecule has 1 aromatic heterocycles. The Morgan fingerprint density at radius 2 is 2.13 bits per heavy atom. The van der Waals surface area contributed by atoms with Crippen molar-refractivity contribution in [1.29, 1.82) is 0 Å². The van der Waals surface area contributed by atoms with Gasteiger partial charge in [-0.25, -0.2) is 0 Å². The fourth-order valence-electron chi connectivity index (χ4n) is 2.97. The number of furan rings is 1. The van der Waals surface area contributed by atoms with Gasteiger partial charge in [0.25, 0.3) is 0 Å². The Morgan fingerprint density at radius 3 is 2.83 bits per heavy atom. The van der Waals surface area contributed by atoms with Gasteiger partial charge in [-0.15, -0.1) is 0 Å². The molecule has 23 heavy (non-hydrogen) atoms. The molecule has 0 unspecified atom stereocenters.